The van der Waals surface area contributed by atoms with Crippen molar-refractivity contribution < 1.29 is 10.2 Å². The minimum atomic E-state index is -1.75. The van der Waals surface area contributed by atoms with Crippen molar-refractivity contribution in [3.8, 4) is 0 Å². The lowest BCUT2D eigenvalue weighted by atomic mass is 13.1. The SMILES string of the molecule is O=[N+]([O-])[O-].O=[N+]([O-])[O-].[S+2]. The van der Waals surface area contributed by atoms with Crippen LogP contribution in [0.15, 0.2) is 0 Å². The Labute approximate surface area is 55.4 Å². The molecule has 0 aliphatic carbocycles. The number of rotatable bonds is 0. The van der Waals surface area contributed by atoms with Crippen LogP contribution in [0.4, 0.5) is 0 Å². The van der Waals surface area contributed by atoms with E-state index in [0.717, 1.165) is 0 Å². The Morgan fingerprint density at radius 1 is 0.778 bits per heavy atom. The summed E-state index contributed by atoms with van der Waals surface area (Å²) in [5.41, 5.74) is 0. The topological polar surface area (TPSA) is 132 Å². The Bertz CT molecular complexity index is 69.1. The predicted molar refractivity (Wildman–Crippen MR) is 28.1 cm³/mol. The van der Waals surface area contributed by atoms with E-state index in [1.165, 1.54) is 0 Å². The third kappa shape index (κ3) is 97.5. The van der Waals surface area contributed by atoms with E-state index in [1.54, 1.807) is 0 Å². The van der Waals surface area contributed by atoms with Crippen LogP contribution in [0.3, 0.4) is 0 Å². The van der Waals surface area contributed by atoms with Crippen LogP contribution in [0.25, 0.3) is 0 Å². The van der Waals surface area contributed by atoms with Crippen LogP contribution >= 0.6 is 0 Å². The molecule has 0 bridgehead atoms. The average Bonchev–Trinajstić information content (AvgIpc) is 1.25. The van der Waals surface area contributed by atoms with Crippen molar-refractivity contribution in [2.24, 2.45) is 0 Å². The molecule has 0 rings (SSSR count). The molecule has 0 atom stereocenters. The Balaban J connectivity index is -0.0000000720. The molecule has 0 aliphatic heterocycles. The molecule has 52 valence electrons. The van der Waals surface area contributed by atoms with E-state index >= 15 is 0 Å². The summed E-state index contributed by atoms with van der Waals surface area (Å²) in [5.74, 6) is 0. The molecule has 0 aliphatic rings. The average molecular weight is 156 g/mol. The lowest BCUT2D eigenvalue weighted by Crippen LogP contribution is -1.74. The standard InChI is InChI=1S/2NO3.S/c2*2-1(3)4;/q2*-1;+2. The first-order valence-electron chi connectivity index (χ1n) is 1.10. The van der Waals surface area contributed by atoms with Gasteiger partial charge in [-0.3, -0.25) is 0 Å². The van der Waals surface area contributed by atoms with Crippen LogP contribution in [-0.2, 0) is 13.5 Å². The van der Waals surface area contributed by atoms with Crippen LogP contribution in [0.1, 0.15) is 0 Å². The molecular weight excluding hydrogens is 156 g/mol. The van der Waals surface area contributed by atoms with Crippen molar-refractivity contribution in [3.05, 3.63) is 30.6 Å². The smallest absolute Gasteiger partial charge is 0.356 e. The van der Waals surface area contributed by atoms with Gasteiger partial charge in [0.2, 0.25) is 0 Å². The van der Waals surface area contributed by atoms with Gasteiger partial charge in [-0.1, -0.05) is 0 Å². The molecule has 9 heavy (non-hydrogen) atoms. The Hall–Kier alpha value is -1.25. The fraction of sp³-hybridized carbons (Fsp3) is 0. The quantitative estimate of drug-likeness (QED) is 0.343. The van der Waals surface area contributed by atoms with Crippen LogP contribution < -0.4 is 0 Å². The summed E-state index contributed by atoms with van der Waals surface area (Å²) in [5, 5.41) is 29.5. The highest BCUT2D eigenvalue weighted by atomic mass is 32.1. The molecular formula is N2O6S. The summed E-state index contributed by atoms with van der Waals surface area (Å²) in [6, 6.07) is 0. The second kappa shape index (κ2) is 9.89. The first-order chi connectivity index (χ1) is 3.46. The van der Waals surface area contributed by atoms with Gasteiger partial charge >= 0.3 is 13.5 Å². The van der Waals surface area contributed by atoms with Crippen molar-refractivity contribution in [2.45, 2.75) is 0 Å². The molecule has 0 saturated carbocycles. The maximum Gasteiger partial charge on any atom is 2.00 e. The summed E-state index contributed by atoms with van der Waals surface area (Å²) in [6.45, 7) is 0. The van der Waals surface area contributed by atoms with Gasteiger partial charge in [0.1, 0.15) is 0 Å². The predicted octanol–water partition coefficient (Wildman–Crippen LogP) is -0.481. The first kappa shape index (κ1) is 15.7. The highest BCUT2D eigenvalue weighted by molar-refractivity contribution is 7.37. The van der Waals surface area contributed by atoms with Gasteiger partial charge in [-0.05, 0) is 0 Å². The van der Waals surface area contributed by atoms with E-state index in [1.807, 2.05) is 0 Å². The van der Waals surface area contributed by atoms with E-state index in [0.29, 0.717) is 0 Å². The van der Waals surface area contributed by atoms with Gasteiger partial charge in [0.25, 0.3) is 0 Å². The molecule has 0 aromatic rings. The minimum Gasteiger partial charge on any atom is -0.356 e. The highest BCUT2D eigenvalue weighted by Gasteiger charge is 2.00. The Morgan fingerprint density at radius 3 is 0.778 bits per heavy atom. The number of nitrogens with zero attached hydrogens (tertiary/aromatic N) is 2. The summed E-state index contributed by atoms with van der Waals surface area (Å²) < 4.78 is 0. The Kier molecular flexibility index (Phi) is 17.2. The normalized spacial score (nSPS) is 5.33. The third-order valence-corrected chi connectivity index (χ3v) is 0. The van der Waals surface area contributed by atoms with Crippen LogP contribution in [-0.4, -0.2) is 10.2 Å². The van der Waals surface area contributed by atoms with Gasteiger partial charge in [0.05, 0.1) is 10.2 Å². The van der Waals surface area contributed by atoms with E-state index in [2.05, 4.69) is 0 Å². The highest BCUT2D eigenvalue weighted by Crippen LogP contribution is 1.44. The summed E-state index contributed by atoms with van der Waals surface area (Å²) >= 11 is 0. The maximum atomic E-state index is 8.25. The van der Waals surface area contributed by atoms with Gasteiger partial charge in [0, 0.05) is 0 Å². The monoisotopic (exact) mass is 156 g/mol. The summed E-state index contributed by atoms with van der Waals surface area (Å²) in [6.07, 6.45) is 0. The van der Waals surface area contributed by atoms with Crippen molar-refractivity contribution in [1.82, 2.24) is 0 Å². The van der Waals surface area contributed by atoms with Crippen molar-refractivity contribution in [3.63, 3.8) is 0 Å². The molecule has 9 heteroatoms. The molecule has 0 fully saturated rings. The molecule has 0 amide bonds. The molecule has 0 unspecified atom stereocenters. The van der Waals surface area contributed by atoms with Gasteiger partial charge in [-0.2, -0.15) is 0 Å². The molecule has 8 nitrogen and oxygen atoms in total. The van der Waals surface area contributed by atoms with Crippen LogP contribution in [0.2, 0.25) is 0 Å². The van der Waals surface area contributed by atoms with Crippen molar-refractivity contribution in [1.29, 1.82) is 0 Å². The molecule has 0 aromatic heterocycles. The lowest BCUT2D eigenvalue weighted by Gasteiger charge is -1.74. The zero-order chi connectivity index (χ0) is 7.15. The summed E-state index contributed by atoms with van der Waals surface area (Å²) in [7, 11) is 0. The number of hydrogen-bond acceptors (Lipinski definition) is 6. The fourth-order valence-electron chi connectivity index (χ4n) is 0. The largest absolute Gasteiger partial charge is 2.00 e. The van der Waals surface area contributed by atoms with Crippen LogP contribution in [0, 0.1) is 30.6 Å². The summed E-state index contributed by atoms with van der Waals surface area (Å²) in [4.78, 5) is 16.5. The zero-order valence-corrected chi connectivity index (χ0v) is 4.57. The molecule has 0 heterocycles. The number of hydrogen-bond donors (Lipinski definition) is 0. The molecule has 0 aromatic carbocycles. The maximum absolute atomic E-state index is 8.25. The third-order valence-electron chi connectivity index (χ3n) is 0. The van der Waals surface area contributed by atoms with E-state index in [-0.39, 0.29) is 13.5 Å². The lowest BCUT2D eigenvalue weighted by molar-refractivity contribution is -0.403. The van der Waals surface area contributed by atoms with E-state index in [9.17, 15) is 0 Å². The first-order valence-corrected chi connectivity index (χ1v) is 1.10. The molecule has 0 saturated heterocycles. The molecule has 0 spiro atoms. The second-order valence-corrected chi connectivity index (χ2v) is 0.447. The fourth-order valence-corrected chi connectivity index (χ4v) is 0. The zero-order valence-electron chi connectivity index (χ0n) is 3.75. The Morgan fingerprint density at radius 2 is 0.778 bits per heavy atom. The second-order valence-electron chi connectivity index (χ2n) is 0.447. The van der Waals surface area contributed by atoms with Gasteiger partial charge < -0.3 is 30.6 Å². The van der Waals surface area contributed by atoms with Crippen molar-refractivity contribution >= 4 is 13.5 Å². The van der Waals surface area contributed by atoms with Crippen LogP contribution in [0.5, 0.6) is 0 Å². The molecule has 4 radical (unpaired) electrons. The molecule has 0 N–H and O–H groups in total. The van der Waals surface area contributed by atoms with E-state index < -0.39 is 10.2 Å². The minimum absolute atomic E-state index is 0. The van der Waals surface area contributed by atoms with Gasteiger partial charge in [-0.15, -0.1) is 0 Å². The van der Waals surface area contributed by atoms with Gasteiger partial charge in [0.15, 0.2) is 0 Å². The van der Waals surface area contributed by atoms with Gasteiger partial charge in [-0.25, -0.2) is 0 Å². The van der Waals surface area contributed by atoms with Crippen molar-refractivity contribution in [2.75, 3.05) is 0 Å². The van der Waals surface area contributed by atoms with E-state index in [4.69, 9.17) is 30.6 Å².